The van der Waals surface area contributed by atoms with Gasteiger partial charge in [-0.05, 0) is 28.9 Å². The number of hydrogen-bond donors (Lipinski definition) is 0. The number of hydrogen-bond acceptors (Lipinski definition) is 0. The van der Waals surface area contributed by atoms with Gasteiger partial charge in [0.25, 0.3) is 0 Å². The van der Waals surface area contributed by atoms with E-state index in [1.807, 2.05) is 0 Å². The van der Waals surface area contributed by atoms with E-state index in [2.05, 4.69) is 57.2 Å². The van der Waals surface area contributed by atoms with Gasteiger partial charge in [-0.1, -0.05) is 57.2 Å². The Bertz CT molecular complexity index is 344. The van der Waals surface area contributed by atoms with Gasteiger partial charge in [-0.2, -0.15) is 0 Å². The minimum atomic E-state index is 0.348. The van der Waals surface area contributed by atoms with Gasteiger partial charge in [-0.25, -0.2) is 0 Å². The average molecular weight is 186 g/mol. The molecule has 2 rings (SSSR count). The first-order valence-electron chi connectivity index (χ1n) is 5.37. The number of benzene rings is 1. The van der Waals surface area contributed by atoms with E-state index < -0.39 is 0 Å². The van der Waals surface area contributed by atoms with Gasteiger partial charge in [0.2, 0.25) is 0 Å². The maximum absolute atomic E-state index is 2.43. The van der Waals surface area contributed by atoms with Crippen molar-refractivity contribution in [2.45, 2.75) is 27.2 Å². The second-order valence-electron chi connectivity index (χ2n) is 5.01. The minimum absolute atomic E-state index is 0.348. The molecule has 0 saturated heterocycles. The van der Waals surface area contributed by atoms with Gasteiger partial charge in [-0.3, -0.25) is 0 Å². The molecule has 74 valence electrons. The molecule has 0 aliphatic heterocycles. The third kappa shape index (κ3) is 1.61. The van der Waals surface area contributed by atoms with Gasteiger partial charge in [-0.15, -0.1) is 0 Å². The fourth-order valence-electron chi connectivity index (χ4n) is 2.59. The van der Waals surface area contributed by atoms with Crippen molar-refractivity contribution in [2.75, 3.05) is 0 Å². The molecular formula is C14H18. The largest absolute Gasteiger partial charge is 0.0773 e. The van der Waals surface area contributed by atoms with Gasteiger partial charge in [0.15, 0.2) is 0 Å². The highest BCUT2D eigenvalue weighted by Gasteiger charge is 2.31. The molecular weight excluding hydrogens is 168 g/mol. The Morgan fingerprint density at radius 2 is 1.79 bits per heavy atom. The highest BCUT2D eigenvalue weighted by Crippen LogP contribution is 2.46. The molecule has 1 aliphatic rings. The lowest BCUT2D eigenvalue weighted by Gasteiger charge is -2.23. The van der Waals surface area contributed by atoms with Crippen molar-refractivity contribution in [2.24, 2.45) is 11.3 Å². The van der Waals surface area contributed by atoms with Crippen LogP contribution in [0.25, 0.3) is 5.57 Å². The SMILES string of the molecule is CC1C=C(c2ccccc2)C(C)(C)C1. The van der Waals surface area contributed by atoms with E-state index in [4.69, 9.17) is 0 Å². The topological polar surface area (TPSA) is 0 Å². The van der Waals surface area contributed by atoms with Gasteiger partial charge < -0.3 is 0 Å². The van der Waals surface area contributed by atoms with Crippen LogP contribution in [0.5, 0.6) is 0 Å². The molecule has 0 nitrogen and oxygen atoms in total. The molecule has 1 unspecified atom stereocenters. The third-order valence-electron chi connectivity index (χ3n) is 3.10. The maximum Gasteiger partial charge on any atom is -0.00952 e. The van der Waals surface area contributed by atoms with E-state index in [0.717, 1.165) is 5.92 Å². The zero-order valence-corrected chi connectivity index (χ0v) is 9.25. The predicted molar refractivity (Wildman–Crippen MR) is 62.0 cm³/mol. The van der Waals surface area contributed by atoms with E-state index in [0.29, 0.717) is 5.41 Å². The van der Waals surface area contributed by atoms with Crippen molar-refractivity contribution < 1.29 is 0 Å². The molecule has 0 N–H and O–H groups in total. The highest BCUT2D eigenvalue weighted by molar-refractivity contribution is 5.71. The van der Waals surface area contributed by atoms with E-state index >= 15 is 0 Å². The molecule has 0 bridgehead atoms. The Labute approximate surface area is 86.7 Å². The predicted octanol–water partition coefficient (Wildman–Crippen LogP) is 4.14. The molecule has 0 heteroatoms. The molecule has 14 heavy (non-hydrogen) atoms. The molecule has 0 spiro atoms. The van der Waals surface area contributed by atoms with Crippen LogP contribution in [0, 0.1) is 11.3 Å². The van der Waals surface area contributed by atoms with Crippen LogP contribution in [-0.4, -0.2) is 0 Å². The van der Waals surface area contributed by atoms with E-state index in [9.17, 15) is 0 Å². The summed E-state index contributed by atoms with van der Waals surface area (Å²) in [6.45, 7) is 6.99. The first kappa shape index (κ1) is 9.51. The Morgan fingerprint density at radius 3 is 2.29 bits per heavy atom. The Morgan fingerprint density at radius 1 is 1.14 bits per heavy atom. The van der Waals surface area contributed by atoms with Gasteiger partial charge in [0, 0.05) is 0 Å². The van der Waals surface area contributed by atoms with Crippen molar-refractivity contribution in [3.8, 4) is 0 Å². The van der Waals surface area contributed by atoms with Crippen LogP contribution < -0.4 is 0 Å². The summed E-state index contributed by atoms with van der Waals surface area (Å²) in [6, 6.07) is 10.7. The summed E-state index contributed by atoms with van der Waals surface area (Å²) in [6.07, 6.45) is 3.70. The van der Waals surface area contributed by atoms with Gasteiger partial charge in [0.05, 0.1) is 0 Å². The summed E-state index contributed by atoms with van der Waals surface area (Å²) in [5.41, 5.74) is 3.26. The molecule has 1 aliphatic carbocycles. The second kappa shape index (κ2) is 3.27. The standard InChI is InChI=1S/C14H18/c1-11-9-13(14(2,3)10-11)12-7-5-4-6-8-12/h4-9,11H,10H2,1-3H3. The number of allylic oxidation sites excluding steroid dienone is 2. The van der Waals surface area contributed by atoms with Crippen LogP contribution in [0.1, 0.15) is 32.8 Å². The van der Waals surface area contributed by atoms with Gasteiger partial charge >= 0.3 is 0 Å². The van der Waals surface area contributed by atoms with E-state index in [1.165, 1.54) is 17.6 Å². The van der Waals surface area contributed by atoms with Crippen molar-refractivity contribution in [3.63, 3.8) is 0 Å². The van der Waals surface area contributed by atoms with Crippen LogP contribution in [-0.2, 0) is 0 Å². The normalized spacial score (nSPS) is 24.8. The van der Waals surface area contributed by atoms with Gasteiger partial charge in [0.1, 0.15) is 0 Å². The summed E-state index contributed by atoms with van der Waals surface area (Å²) in [4.78, 5) is 0. The van der Waals surface area contributed by atoms with Crippen molar-refractivity contribution >= 4 is 5.57 Å². The van der Waals surface area contributed by atoms with Crippen LogP contribution in [0.4, 0.5) is 0 Å². The number of rotatable bonds is 1. The Hall–Kier alpha value is -1.04. The molecule has 0 aromatic heterocycles. The average Bonchev–Trinajstić information content (AvgIpc) is 2.41. The molecule has 0 amide bonds. The van der Waals surface area contributed by atoms with Crippen molar-refractivity contribution in [1.82, 2.24) is 0 Å². The monoisotopic (exact) mass is 186 g/mol. The lowest BCUT2D eigenvalue weighted by molar-refractivity contribution is 0.435. The third-order valence-corrected chi connectivity index (χ3v) is 3.10. The van der Waals surface area contributed by atoms with Crippen LogP contribution in [0.2, 0.25) is 0 Å². The quantitative estimate of drug-likeness (QED) is 0.618. The highest BCUT2D eigenvalue weighted by atomic mass is 14.4. The maximum atomic E-state index is 2.43. The zero-order chi connectivity index (χ0) is 10.2. The summed E-state index contributed by atoms with van der Waals surface area (Å²) in [5, 5.41) is 0. The smallest absolute Gasteiger partial charge is 0.00952 e. The first-order chi connectivity index (χ1) is 6.59. The van der Waals surface area contributed by atoms with E-state index in [1.54, 1.807) is 0 Å². The second-order valence-corrected chi connectivity index (χ2v) is 5.01. The lowest BCUT2D eigenvalue weighted by atomic mass is 9.81. The van der Waals surface area contributed by atoms with Crippen molar-refractivity contribution in [1.29, 1.82) is 0 Å². The molecule has 0 saturated carbocycles. The lowest BCUT2D eigenvalue weighted by Crippen LogP contribution is -2.09. The molecule has 1 aromatic rings. The van der Waals surface area contributed by atoms with Crippen LogP contribution in [0.3, 0.4) is 0 Å². The Balaban J connectivity index is 2.40. The van der Waals surface area contributed by atoms with Crippen molar-refractivity contribution in [3.05, 3.63) is 42.0 Å². The summed E-state index contributed by atoms with van der Waals surface area (Å²) >= 11 is 0. The fourth-order valence-corrected chi connectivity index (χ4v) is 2.59. The summed E-state index contributed by atoms with van der Waals surface area (Å²) in [5.74, 6) is 0.722. The Kier molecular flexibility index (Phi) is 2.22. The molecule has 1 atom stereocenters. The summed E-state index contributed by atoms with van der Waals surface area (Å²) < 4.78 is 0. The zero-order valence-electron chi connectivity index (χ0n) is 9.25. The fraction of sp³-hybridized carbons (Fsp3) is 0.429. The van der Waals surface area contributed by atoms with Crippen LogP contribution in [0.15, 0.2) is 36.4 Å². The molecule has 0 fully saturated rings. The van der Waals surface area contributed by atoms with Crippen LogP contribution >= 0.6 is 0 Å². The molecule has 0 heterocycles. The summed E-state index contributed by atoms with van der Waals surface area (Å²) in [7, 11) is 0. The first-order valence-corrected chi connectivity index (χ1v) is 5.37. The van der Waals surface area contributed by atoms with E-state index in [-0.39, 0.29) is 0 Å². The minimum Gasteiger partial charge on any atom is -0.0773 e. The molecule has 0 radical (unpaired) electrons. The molecule has 1 aromatic carbocycles.